The Hall–Kier alpha value is -1.52. The summed E-state index contributed by atoms with van der Waals surface area (Å²) in [6.07, 6.45) is 3.53. The molecule has 0 bridgehead atoms. The van der Waals surface area contributed by atoms with Gasteiger partial charge in [0.25, 0.3) is 0 Å². The second-order valence-electron chi connectivity index (χ2n) is 6.13. The van der Waals surface area contributed by atoms with Gasteiger partial charge < -0.3 is 10.4 Å². The van der Waals surface area contributed by atoms with E-state index in [1.807, 2.05) is 11.6 Å². The molecule has 0 radical (unpaired) electrons. The fourth-order valence-electron chi connectivity index (χ4n) is 3.12. The van der Waals surface area contributed by atoms with Crippen LogP contribution in [0.25, 0.3) is 0 Å². The summed E-state index contributed by atoms with van der Waals surface area (Å²) < 4.78 is 2.02. The Morgan fingerprint density at radius 2 is 2.10 bits per heavy atom. The molecule has 2 N–H and O–H groups in total. The molecule has 0 amide bonds. The number of aryl methyl sites for hydroxylation is 1. The predicted molar refractivity (Wildman–Crippen MR) is 79.1 cm³/mol. The monoisotopic (exact) mass is 279 g/mol. The number of aromatic nitrogens is 2. The van der Waals surface area contributed by atoms with Gasteiger partial charge in [0.1, 0.15) is 0 Å². The lowest BCUT2D eigenvalue weighted by Crippen LogP contribution is -2.31. The topological polar surface area (TPSA) is 67.2 Å². The van der Waals surface area contributed by atoms with Crippen LogP contribution in [0.5, 0.6) is 0 Å². The second-order valence-corrected chi connectivity index (χ2v) is 6.13. The average molecular weight is 279 g/mol. The smallest absolute Gasteiger partial charge is 0.306 e. The van der Waals surface area contributed by atoms with Crippen molar-refractivity contribution in [1.82, 2.24) is 9.78 Å². The number of carboxylic acids is 1. The third-order valence-corrected chi connectivity index (χ3v) is 4.19. The van der Waals surface area contributed by atoms with Gasteiger partial charge in [-0.25, -0.2) is 0 Å². The molecule has 5 heteroatoms. The van der Waals surface area contributed by atoms with E-state index in [1.165, 1.54) is 0 Å². The third kappa shape index (κ3) is 2.97. The Balaban J connectivity index is 2.12. The van der Waals surface area contributed by atoms with E-state index in [9.17, 15) is 4.79 Å². The first kappa shape index (κ1) is 14.9. The van der Waals surface area contributed by atoms with E-state index in [0.29, 0.717) is 12.5 Å². The average Bonchev–Trinajstić information content (AvgIpc) is 2.67. The molecule has 1 saturated carbocycles. The van der Waals surface area contributed by atoms with Crippen LogP contribution < -0.4 is 5.32 Å². The lowest BCUT2D eigenvalue weighted by Gasteiger charge is -2.28. The lowest BCUT2D eigenvalue weighted by atomic mass is 9.85. The van der Waals surface area contributed by atoms with E-state index < -0.39 is 5.97 Å². The molecule has 2 atom stereocenters. The van der Waals surface area contributed by atoms with E-state index >= 15 is 0 Å². The molecule has 1 aromatic heterocycles. The van der Waals surface area contributed by atoms with Crippen LogP contribution in [-0.4, -0.2) is 26.9 Å². The van der Waals surface area contributed by atoms with Crippen LogP contribution >= 0.6 is 0 Å². The van der Waals surface area contributed by atoms with Gasteiger partial charge in [0.15, 0.2) is 0 Å². The van der Waals surface area contributed by atoms with Crippen molar-refractivity contribution in [2.75, 3.05) is 5.32 Å². The van der Waals surface area contributed by atoms with Crippen molar-refractivity contribution in [2.45, 2.75) is 65.5 Å². The van der Waals surface area contributed by atoms with E-state index in [1.54, 1.807) is 0 Å². The minimum atomic E-state index is -0.664. The van der Waals surface area contributed by atoms with Crippen LogP contribution in [0.3, 0.4) is 0 Å². The summed E-state index contributed by atoms with van der Waals surface area (Å²) in [5, 5.41) is 17.3. The number of hydrogen-bond donors (Lipinski definition) is 2. The normalized spacial score (nSPS) is 23.1. The number of carboxylic acid groups (broad SMARTS) is 1. The molecule has 1 aromatic rings. The van der Waals surface area contributed by atoms with Crippen molar-refractivity contribution >= 4 is 11.7 Å². The molecule has 1 fully saturated rings. The maximum atomic E-state index is 11.1. The molecule has 2 unspecified atom stereocenters. The maximum absolute atomic E-state index is 11.1. The van der Waals surface area contributed by atoms with Gasteiger partial charge in [-0.05, 0) is 47.0 Å². The Bertz CT molecular complexity index is 494. The number of rotatable bonds is 4. The standard InChI is InChI=1S/C15H25N3O2/c1-9(2)18-11(4)14(10(3)17-18)16-13-7-5-6-12(8-13)15(19)20/h9,12-13,16H,5-8H2,1-4H3,(H,19,20). The zero-order valence-corrected chi connectivity index (χ0v) is 12.8. The highest BCUT2D eigenvalue weighted by Crippen LogP contribution is 2.30. The van der Waals surface area contributed by atoms with Gasteiger partial charge in [0.2, 0.25) is 0 Å². The summed E-state index contributed by atoms with van der Waals surface area (Å²) >= 11 is 0. The van der Waals surface area contributed by atoms with Gasteiger partial charge >= 0.3 is 5.97 Å². The summed E-state index contributed by atoms with van der Waals surface area (Å²) in [6.45, 7) is 8.31. The molecule has 0 aromatic carbocycles. The van der Waals surface area contributed by atoms with E-state index in [-0.39, 0.29) is 12.0 Å². The molecule has 0 aliphatic heterocycles. The Labute approximate surface area is 120 Å². The number of nitrogens with zero attached hydrogens (tertiary/aromatic N) is 2. The SMILES string of the molecule is Cc1nn(C(C)C)c(C)c1NC1CCCC(C(=O)O)C1. The summed E-state index contributed by atoms with van der Waals surface area (Å²) in [4.78, 5) is 11.1. The lowest BCUT2D eigenvalue weighted by molar-refractivity contribution is -0.142. The Morgan fingerprint density at radius 1 is 1.40 bits per heavy atom. The van der Waals surface area contributed by atoms with Crippen LogP contribution in [0.2, 0.25) is 0 Å². The molecule has 112 valence electrons. The quantitative estimate of drug-likeness (QED) is 0.888. The fraction of sp³-hybridized carbons (Fsp3) is 0.733. The molecule has 5 nitrogen and oxygen atoms in total. The number of nitrogens with one attached hydrogen (secondary N) is 1. The van der Waals surface area contributed by atoms with Crippen LogP contribution in [0.1, 0.15) is 57.0 Å². The molecule has 0 spiro atoms. The third-order valence-electron chi connectivity index (χ3n) is 4.19. The predicted octanol–water partition coefficient (Wildman–Crippen LogP) is 3.14. The van der Waals surface area contributed by atoms with Crippen molar-refractivity contribution in [2.24, 2.45) is 5.92 Å². The molecule has 1 heterocycles. The molecule has 2 rings (SSSR count). The van der Waals surface area contributed by atoms with Crippen molar-refractivity contribution in [3.63, 3.8) is 0 Å². The molecule has 20 heavy (non-hydrogen) atoms. The van der Waals surface area contributed by atoms with Gasteiger partial charge in [-0.15, -0.1) is 0 Å². The van der Waals surface area contributed by atoms with Gasteiger partial charge in [-0.2, -0.15) is 5.10 Å². The van der Waals surface area contributed by atoms with Crippen molar-refractivity contribution < 1.29 is 9.90 Å². The van der Waals surface area contributed by atoms with Crippen LogP contribution in [0.4, 0.5) is 5.69 Å². The highest BCUT2D eigenvalue weighted by atomic mass is 16.4. The van der Waals surface area contributed by atoms with Crippen LogP contribution in [0.15, 0.2) is 0 Å². The Kier molecular flexibility index (Phi) is 4.35. The first-order chi connectivity index (χ1) is 9.40. The van der Waals surface area contributed by atoms with Crippen molar-refractivity contribution in [3.05, 3.63) is 11.4 Å². The Morgan fingerprint density at radius 3 is 2.65 bits per heavy atom. The van der Waals surface area contributed by atoms with Crippen molar-refractivity contribution in [3.8, 4) is 0 Å². The summed E-state index contributed by atoms with van der Waals surface area (Å²) in [7, 11) is 0. The van der Waals surface area contributed by atoms with E-state index in [2.05, 4.69) is 31.2 Å². The highest BCUT2D eigenvalue weighted by molar-refractivity contribution is 5.70. The minimum absolute atomic E-state index is 0.206. The first-order valence-corrected chi connectivity index (χ1v) is 7.45. The highest BCUT2D eigenvalue weighted by Gasteiger charge is 2.28. The van der Waals surface area contributed by atoms with Crippen molar-refractivity contribution in [1.29, 1.82) is 0 Å². The number of aliphatic carboxylic acids is 1. The fourth-order valence-corrected chi connectivity index (χ4v) is 3.12. The zero-order valence-electron chi connectivity index (χ0n) is 12.8. The summed E-state index contributed by atoms with van der Waals surface area (Å²) in [5.41, 5.74) is 3.21. The van der Waals surface area contributed by atoms with Gasteiger partial charge in [0, 0.05) is 12.1 Å². The number of anilines is 1. The molecule has 1 aliphatic rings. The number of carbonyl (C=O) groups is 1. The molecule has 1 aliphatic carbocycles. The van der Waals surface area contributed by atoms with Gasteiger partial charge in [-0.1, -0.05) is 6.42 Å². The largest absolute Gasteiger partial charge is 0.481 e. The minimum Gasteiger partial charge on any atom is -0.481 e. The molecular weight excluding hydrogens is 254 g/mol. The molecular formula is C15H25N3O2. The van der Waals surface area contributed by atoms with E-state index in [0.717, 1.165) is 36.3 Å². The summed E-state index contributed by atoms with van der Waals surface area (Å²) in [6, 6.07) is 0.578. The van der Waals surface area contributed by atoms with Crippen LogP contribution in [0, 0.1) is 19.8 Å². The first-order valence-electron chi connectivity index (χ1n) is 7.45. The van der Waals surface area contributed by atoms with Gasteiger partial charge in [0.05, 0.1) is 23.0 Å². The number of hydrogen-bond acceptors (Lipinski definition) is 3. The zero-order chi connectivity index (χ0) is 14.9. The van der Waals surface area contributed by atoms with Crippen LogP contribution in [-0.2, 0) is 4.79 Å². The molecule has 0 saturated heterocycles. The van der Waals surface area contributed by atoms with E-state index in [4.69, 9.17) is 5.11 Å². The second kappa shape index (κ2) is 5.85. The summed E-state index contributed by atoms with van der Waals surface area (Å²) in [5.74, 6) is -0.871. The maximum Gasteiger partial charge on any atom is 0.306 e. The van der Waals surface area contributed by atoms with Gasteiger partial charge in [-0.3, -0.25) is 9.48 Å².